The zero-order chi connectivity index (χ0) is 13.4. The molecule has 0 aliphatic carbocycles. The van der Waals surface area contributed by atoms with Gasteiger partial charge in [0, 0.05) is 20.6 Å². The molecule has 96 valence electrons. The first-order chi connectivity index (χ1) is 9.92. The third kappa shape index (κ3) is 1.89. The highest BCUT2D eigenvalue weighted by Crippen LogP contribution is 2.38. The third-order valence-electron chi connectivity index (χ3n) is 3.34. The molecular weight excluding hydrogens is 264 g/mol. The molecule has 0 amide bonds. The molecule has 0 radical (unpaired) electrons. The second-order valence-electron chi connectivity index (χ2n) is 4.64. The van der Waals surface area contributed by atoms with Crippen LogP contribution in [0.1, 0.15) is 0 Å². The van der Waals surface area contributed by atoms with Crippen LogP contribution in [0.5, 0.6) is 0 Å². The van der Waals surface area contributed by atoms with E-state index in [1.807, 2.05) is 24.3 Å². The standard InChI is InChI=1S/C18H12OS/c1-2-7-13(8-3-1)20-17-12-6-11-16-18(17)14-9-4-5-10-15(14)19-16/h1-12H. The van der Waals surface area contributed by atoms with Gasteiger partial charge in [-0.1, -0.05) is 54.2 Å². The van der Waals surface area contributed by atoms with Crippen molar-refractivity contribution in [3.05, 3.63) is 72.8 Å². The smallest absolute Gasteiger partial charge is 0.136 e. The Kier molecular flexibility index (Phi) is 2.75. The maximum absolute atomic E-state index is 5.92. The summed E-state index contributed by atoms with van der Waals surface area (Å²) in [4.78, 5) is 2.48. The second-order valence-corrected chi connectivity index (χ2v) is 5.76. The van der Waals surface area contributed by atoms with E-state index in [-0.39, 0.29) is 0 Å². The van der Waals surface area contributed by atoms with Crippen LogP contribution in [0.25, 0.3) is 21.9 Å². The number of fused-ring (bicyclic) bond motifs is 3. The van der Waals surface area contributed by atoms with E-state index in [0.29, 0.717) is 0 Å². The zero-order valence-electron chi connectivity index (χ0n) is 10.7. The lowest BCUT2D eigenvalue weighted by Gasteiger charge is -2.03. The van der Waals surface area contributed by atoms with Gasteiger partial charge in [0.2, 0.25) is 0 Å². The summed E-state index contributed by atoms with van der Waals surface area (Å²) in [6, 6.07) is 24.9. The summed E-state index contributed by atoms with van der Waals surface area (Å²) in [6.07, 6.45) is 0. The monoisotopic (exact) mass is 276 g/mol. The molecule has 0 spiro atoms. The van der Waals surface area contributed by atoms with Gasteiger partial charge in [0.1, 0.15) is 11.2 Å². The molecule has 1 aromatic heterocycles. The molecule has 0 fully saturated rings. The Labute approximate surface area is 121 Å². The summed E-state index contributed by atoms with van der Waals surface area (Å²) < 4.78 is 5.92. The zero-order valence-corrected chi connectivity index (χ0v) is 11.6. The molecule has 1 heterocycles. The van der Waals surface area contributed by atoms with Gasteiger partial charge < -0.3 is 4.42 Å². The van der Waals surface area contributed by atoms with Crippen molar-refractivity contribution < 1.29 is 4.42 Å². The molecule has 3 aromatic carbocycles. The van der Waals surface area contributed by atoms with Gasteiger partial charge >= 0.3 is 0 Å². The summed E-state index contributed by atoms with van der Waals surface area (Å²) in [5, 5.41) is 2.39. The molecule has 2 heteroatoms. The molecule has 4 aromatic rings. The molecular formula is C18H12OS. The van der Waals surface area contributed by atoms with E-state index in [4.69, 9.17) is 4.42 Å². The highest BCUT2D eigenvalue weighted by molar-refractivity contribution is 7.99. The van der Waals surface area contributed by atoms with Crippen LogP contribution in [0.4, 0.5) is 0 Å². The molecule has 0 saturated heterocycles. The van der Waals surface area contributed by atoms with Crippen molar-refractivity contribution in [2.45, 2.75) is 9.79 Å². The molecule has 4 rings (SSSR count). The summed E-state index contributed by atoms with van der Waals surface area (Å²) in [7, 11) is 0. The van der Waals surface area contributed by atoms with E-state index in [2.05, 4.69) is 48.5 Å². The molecule has 0 unspecified atom stereocenters. The van der Waals surface area contributed by atoms with E-state index in [0.717, 1.165) is 11.2 Å². The molecule has 0 aliphatic rings. The van der Waals surface area contributed by atoms with Gasteiger partial charge in [0.05, 0.1) is 0 Å². The summed E-state index contributed by atoms with van der Waals surface area (Å²) in [5.74, 6) is 0. The second kappa shape index (κ2) is 4.73. The average molecular weight is 276 g/mol. The van der Waals surface area contributed by atoms with Crippen molar-refractivity contribution in [2.75, 3.05) is 0 Å². The van der Waals surface area contributed by atoms with Crippen LogP contribution in [0.2, 0.25) is 0 Å². The first kappa shape index (κ1) is 11.6. The Morgan fingerprint density at radius 3 is 2.30 bits per heavy atom. The van der Waals surface area contributed by atoms with Crippen molar-refractivity contribution >= 4 is 33.7 Å². The molecule has 1 nitrogen and oxygen atoms in total. The lowest BCUT2D eigenvalue weighted by atomic mass is 10.1. The first-order valence-corrected chi connectivity index (χ1v) is 7.37. The third-order valence-corrected chi connectivity index (χ3v) is 4.40. The van der Waals surface area contributed by atoms with Crippen LogP contribution in [0.3, 0.4) is 0 Å². The molecule has 0 bridgehead atoms. The number of hydrogen-bond donors (Lipinski definition) is 0. The fraction of sp³-hybridized carbons (Fsp3) is 0. The van der Waals surface area contributed by atoms with Gasteiger partial charge in [-0.3, -0.25) is 0 Å². The number of benzene rings is 3. The summed E-state index contributed by atoms with van der Waals surface area (Å²) in [6.45, 7) is 0. The number of para-hydroxylation sites is 1. The van der Waals surface area contributed by atoms with Gasteiger partial charge in [-0.25, -0.2) is 0 Å². The molecule has 0 saturated carbocycles. The maximum atomic E-state index is 5.92. The SMILES string of the molecule is c1ccc(Sc2cccc3oc4ccccc4c23)cc1. The minimum absolute atomic E-state index is 0.948. The summed E-state index contributed by atoms with van der Waals surface area (Å²) in [5.41, 5.74) is 1.90. The Hall–Kier alpha value is -2.19. The first-order valence-electron chi connectivity index (χ1n) is 6.55. The van der Waals surface area contributed by atoms with Crippen LogP contribution >= 0.6 is 11.8 Å². The summed E-state index contributed by atoms with van der Waals surface area (Å²) >= 11 is 1.78. The Morgan fingerprint density at radius 2 is 1.40 bits per heavy atom. The lowest BCUT2D eigenvalue weighted by Crippen LogP contribution is -1.75. The minimum atomic E-state index is 0.948. The quantitative estimate of drug-likeness (QED) is 0.463. The maximum Gasteiger partial charge on any atom is 0.136 e. The van der Waals surface area contributed by atoms with Crippen LogP contribution in [-0.2, 0) is 0 Å². The number of hydrogen-bond acceptors (Lipinski definition) is 2. The molecule has 0 atom stereocenters. The normalized spacial score (nSPS) is 11.2. The number of rotatable bonds is 2. The fourth-order valence-corrected chi connectivity index (χ4v) is 3.45. The molecule has 0 aliphatic heterocycles. The van der Waals surface area contributed by atoms with Crippen LogP contribution in [0.15, 0.2) is 87.0 Å². The van der Waals surface area contributed by atoms with Crippen LogP contribution in [0, 0.1) is 0 Å². The van der Waals surface area contributed by atoms with Crippen molar-refractivity contribution in [2.24, 2.45) is 0 Å². The van der Waals surface area contributed by atoms with Gasteiger partial charge in [-0.15, -0.1) is 0 Å². The molecule has 0 N–H and O–H groups in total. The van der Waals surface area contributed by atoms with Crippen molar-refractivity contribution in [1.29, 1.82) is 0 Å². The molecule has 20 heavy (non-hydrogen) atoms. The minimum Gasteiger partial charge on any atom is -0.456 e. The van der Waals surface area contributed by atoms with Crippen LogP contribution in [-0.4, -0.2) is 0 Å². The van der Waals surface area contributed by atoms with E-state index in [1.165, 1.54) is 20.6 Å². The van der Waals surface area contributed by atoms with Crippen molar-refractivity contribution in [1.82, 2.24) is 0 Å². The predicted octanol–water partition coefficient (Wildman–Crippen LogP) is 5.74. The Balaban J connectivity index is 1.95. The van der Waals surface area contributed by atoms with Gasteiger partial charge in [-0.05, 0) is 30.3 Å². The van der Waals surface area contributed by atoms with Gasteiger partial charge in [0.15, 0.2) is 0 Å². The largest absolute Gasteiger partial charge is 0.456 e. The van der Waals surface area contributed by atoms with E-state index in [9.17, 15) is 0 Å². The number of furan rings is 1. The highest BCUT2D eigenvalue weighted by Gasteiger charge is 2.11. The van der Waals surface area contributed by atoms with Gasteiger partial charge in [0.25, 0.3) is 0 Å². The Morgan fingerprint density at radius 1 is 0.650 bits per heavy atom. The van der Waals surface area contributed by atoms with E-state index in [1.54, 1.807) is 11.8 Å². The average Bonchev–Trinajstić information content (AvgIpc) is 2.88. The van der Waals surface area contributed by atoms with E-state index >= 15 is 0 Å². The van der Waals surface area contributed by atoms with Crippen LogP contribution < -0.4 is 0 Å². The topological polar surface area (TPSA) is 13.1 Å². The van der Waals surface area contributed by atoms with Gasteiger partial charge in [-0.2, -0.15) is 0 Å². The predicted molar refractivity (Wildman–Crippen MR) is 84.3 cm³/mol. The lowest BCUT2D eigenvalue weighted by molar-refractivity contribution is 0.668. The highest BCUT2D eigenvalue weighted by atomic mass is 32.2. The van der Waals surface area contributed by atoms with Crippen molar-refractivity contribution in [3.8, 4) is 0 Å². The van der Waals surface area contributed by atoms with Crippen molar-refractivity contribution in [3.63, 3.8) is 0 Å². The van der Waals surface area contributed by atoms with E-state index < -0.39 is 0 Å². The Bertz CT molecular complexity index is 878. The fourth-order valence-electron chi connectivity index (χ4n) is 2.44.